The van der Waals surface area contributed by atoms with E-state index in [0.717, 1.165) is 17.2 Å². The van der Waals surface area contributed by atoms with Crippen LogP contribution in [0.5, 0.6) is 0 Å². The van der Waals surface area contributed by atoms with E-state index in [-0.39, 0.29) is 63.9 Å². The van der Waals surface area contributed by atoms with Gasteiger partial charge < -0.3 is 39.3 Å². The fraction of sp³-hybridized carbons (Fsp3) is 0.490. The molecule has 1 unspecified atom stereocenters. The molecule has 0 aliphatic carbocycles. The number of aliphatic hydroxyl groups is 1. The van der Waals surface area contributed by atoms with Crippen molar-refractivity contribution in [2.45, 2.75) is 163 Å². The predicted octanol–water partition coefficient (Wildman–Crippen LogP) is 7.46. The van der Waals surface area contributed by atoms with E-state index in [9.17, 15) is 54.6 Å². The molecule has 0 spiro atoms. The lowest BCUT2D eigenvalue weighted by atomic mass is 10.1. The molecule has 0 saturated carbocycles. The van der Waals surface area contributed by atoms with E-state index in [2.05, 4.69) is 15.0 Å². The van der Waals surface area contributed by atoms with Crippen molar-refractivity contribution in [2.75, 3.05) is 0 Å². The molecule has 2 amide bonds. The molecule has 0 aromatic heterocycles. The van der Waals surface area contributed by atoms with Crippen LogP contribution in [0, 0.1) is 0 Å². The van der Waals surface area contributed by atoms with E-state index >= 15 is 0 Å². The molecule has 3 aromatic carbocycles. The Labute approximate surface area is 490 Å². The van der Waals surface area contributed by atoms with Crippen molar-refractivity contribution in [1.29, 1.82) is 0 Å². The number of hydrogen-bond acceptors (Lipinski definition) is 20. The monoisotopic (exact) mass is 1260 g/mol. The summed E-state index contributed by atoms with van der Waals surface area (Å²) < 4.78 is 93.5. The molecule has 0 radical (unpaired) electrons. The summed E-state index contributed by atoms with van der Waals surface area (Å²) in [4.78, 5) is 79.4. The van der Waals surface area contributed by atoms with E-state index in [1.165, 1.54) is 4.72 Å². The minimum absolute atomic E-state index is 0. The summed E-state index contributed by atoms with van der Waals surface area (Å²) in [5.74, 6) is 0.460. The van der Waals surface area contributed by atoms with Crippen LogP contribution in [0.1, 0.15) is 125 Å². The summed E-state index contributed by atoms with van der Waals surface area (Å²) >= 11 is 0. The summed E-state index contributed by atoms with van der Waals surface area (Å²) in [6.07, 6.45) is -1.46. The van der Waals surface area contributed by atoms with Crippen molar-refractivity contribution in [2.24, 2.45) is 10.1 Å². The third-order valence-electron chi connectivity index (χ3n) is 7.88. The summed E-state index contributed by atoms with van der Waals surface area (Å²) in [5, 5.41) is 8.54. The molecule has 81 heavy (non-hydrogen) atoms. The third kappa shape index (κ3) is 50.8. The number of carbonyl (C=O) groups is 6. The van der Waals surface area contributed by atoms with Crippen LogP contribution in [0.2, 0.25) is 0 Å². The number of benzene rings is 3. The first kappa shape index (κ1) is 79.4. The van der Waals surface area contributed by atoms with Crippen LogP contribution in [0.25, 0.3) is 0 Å². The minimum Gasteiger partial charge on any atom is -0.460 e. The number of hydrogen-bond donors (Lipinski definition) is 5. The molecule has 6 N–H and O–H groups in total. The second-order valence-electron chi connectivity index (χ2n) is 20.3. The quantitative estimate of drug-likeness (QED) is 0.0206. The van der Waals surface area contributed by atoms with Gasteiger partial charge in [-0.25, -0.2) is 28.0 Å². The smallest absolute Gasteiger partial charge is 0.422 e. The van der Waals surface area contributed by atoms with Gasteiger partial charge in [0.25, 0.3) is 0 Å². The topological polar surface area (TPSA) is 355 Å². The first-order valence-electron chi connectivity index (χ1n) is 23.8. The number of isocyanates is 1. The number of esters is 4. The van der Waals surface area contributed by atoms with Crippen molar-refractivity contribution in [3.8, 4) is 0 Å². The van der Waals surface area contributed by atoms with Crippen LogP contribution in [-0.4, -0.2) is 109 Å². The summed E-state index contributed by atoms with van der Waals surface area (Å²) in [5.41, 5.74) is 5.32. The Bertz CT molecular complexity index is 2790. The molecule has 0 heterocycles. The average Bonchev–Trinajstić information content (AvgIpc) is 3.29. The van der Waals surface area contributed by atoms with Crippen LogP contribution < -0.4 is 19.9 Å². The minimum atomic E-state index is -4.50. The van der Waals surface area contributed by atoms with Crippen LogP contribution in [0.3, 0.4) is 0 Å². The first-order valence-corrected chi connectivity index (χ1v) is 30.1. The lowest BCUT2D eigenvalue weighted by molar-refractivity contribution is -0.160. The maximum absolute atomic E-state index is 12.5. The maximum atomic E-state index is 12.5. The zero-order valence-corrected chi connectivity index (χ0v) is 52.0. The normalized spacial score (nSPS) is 12.6. The van der Waals surface area contributed by atoms with Gasteiger partial charge in [0.2, 0.25) is 6.08 Å². The van der Waals surface area contributed by atoms with E-state index in [1.807, 2.05) is 41.1 Å². The Kier molecular flexibility index (Phi) is 37.2. The molecule has 3 aromatic rings. The Morgan fingerprint density at radius 1 is 0.593 bits per heavy atom. The van der Waals surface area contributed by atoms with Crippen LogP contribution in [-0.2, 0) is 101 Å². The molecular formula is C51H76Cl3N5O19S3. The zero-order valence-electron chi connectivity index (χ0n) is 47.2. The Morgan fingerprint density at radius 3 is 1.25 bits per heavy atom. The van der Waals surface area contributed by atoms with Gasteiger partial charge in [0.05, 0.1) is 6.61 Å². The molecule has 3 atom stereocenters. The van der Waals surface area contributed by atoms with Crippen LogP contribution in [0.4, 0.5) is 9.59 Å². The number of ether oxygens (including phenoxy) is 6. The number of carbonyl (C=O) groups excluding carboxylic acids is 7. The standard InChI is InChI=1S/C21H32N2O8S.C13H25NO4.C8H8ClNO4S.C7H8O.C2H2ClNO2S.ClH/c1-20(2,3)30-17(24)13-12-16(18(25)31-21(4,5)6)22-32(27,28)23-19(26)29-14-15-10-8-7-9-11-15;1-12(2,3)17-10(15)8-7-9(14)11(16)18-13(4,5)6;9-15(12,13)10-8(11)14-6-7-4-2-1-3-5-7;8-6-7-4-2-1-3-5-7;1-7(3,6)4-2-5;/h7-11,16,22H,12-14H2,1-6H3,(H,23,26);9H,7-8,14H2,1-6H3;1-5H,6H2,(H,10,11);1-5,8H,6H2;1H2;1H/t16-;9-;;;;/m00..../s1. The summed E-state index contributed by atoms with van der Waals surface area (Å²) in [6, 6.07) is 24.8. The molecule has 458 valence electrons. The summed E-state index contributed by atoms with van der Waals surface area (Å²) in [6.45, 7) is 20.6. The number of nitrogens with one attached hydrogen (secondary N) is 3. The van der Waals surface area contributed by atoms with E-state index in [1.54, 1.807) is 142 Å². The Balaban J connectivity index is -0.00000105. The fourth-order valence-corrected chi connectivity index (χ4v) is 6.55. The van der Waals surface area contributed by atoms with Crippen molar-refractivity contribution >= 4 is 110 Å². The van der Waals surface area contributed by atoms with Crippen LogP contribution >= 0.6 is 33.8 Å². The highest BCUT2D eigenvalue weighted by Gasteiger charge is 2.31. The maximum Gasteiger partial charge on any atom is 0.422 e. The van der Waals surface area contributed by atoms with Crippen molar-refractivity contribution in [3.63, 3.8) is 0 Å². The predicted molar refractivity (Wildman–Crippen MR) is 309 cm³/mol. The van der Waals surface area contributed by atoms with Gasteiger partial charge in [0.1, 0.15) is 47.7 Å². The van der Waals surface area contributed by atoms with E-state index in [4.69, 9.17) is 55.9 Å². The number of amides is 2. The molecule has 0 bridgehead atoms. The van der Waals surface area contributed by atoms with Gasteiger partial charge in [-0.2, -0.15) is 21.6 Å². The average molecular weight is 1270 g/mol. The first-order chi connectivity index (χ1) is 36.4. The lowest BCUT2D eigenvalue weighted by Gasteiger charge is -2.25. The number of rotatable bonds is 18. The van der Waals surface area contributed by atoms with Gasteiger partial charge in [0, 0.05) is 34.2 Å². The number of halogens is 3. The van der Waals surface area contributed by atoms with E-state index in [0.29, 0.717) is 5.56 Å². The highest BCUT2D eigenvalue weighted by molar-refractivity contribution is 8.20. The molecule has 3 rings (SSSR count). The summed E-state index contributed by atoms with van der Waals surface area (Å²) in [7, 11) is -1.99. The highest BCUT2D eigenvalue weighted by atomic mass is 35.7. The number of nitrogens with zero attached hydrogens (tertiary/aromatic N) is 1. The van der Waals surface area contributed by atoms with Crippen molar-refractivity contribution < 1.29 is 88.1 Å². The van der Waals surface area contributed by atoms with Crippen molar-refractivity contribution in [1.82, 2.24) is 14.2 Å². The Hall–Kier alpha value is -5.87. The van der Waals surface area contributed by atoms with Gasteiger partial charge >= 0.3 is 55.5 Å². The SMILES string of the molecule is C=S(=O)(Cl)N=C=O.CC(C)(C)OC(=O)CC[C@H](N)C(=O)OC(C)(C)C.CC(C)(C)OC(=O)CC[C@H](NS(=O)(=O)NC(=O)OCc1ccccc1)C(=O)OC(C)(C)C.Cl.O=C(NS(=O)(=O)Cl)OCc1ccccc1.OCc1ccccc1. The Morgan fingerprint density at radius 2 is 0.938 bits per heavy atom. The molecule has 0 fully saturated rings. The van der Waals surface area contributed by atoms with Crippen LogP contribution in [0.15, 0.2) is 95.4 Å². The van der Waals surface area contributed by atoms with Gasteiger partial charge in [-0.15, -0.1) is 12.4 Å². The van der Waals surface area contributed by atoms with Gasteiger partial charge in [-0.1, -0.05) is 95.4 Å². The van der Waals surface area contributed by atoms with Gasteiger partial charge in [-0.3, -0.25) is 19.2 Å². The second-order valence-corrected chi connectivity index (χ2v) is 26.8. The second kappa shape index (κ2) is 38.0. The fourth-order valence-electron chi connectivity index (χ4n) is 4.98. The zero-order chi connectivity index (χ0) is 62.2. The molecule has 0 aliphatic rings. The van der Waals surface area contributed by atoms with Gasteiger partial charge in [0.15, 0.2) is 8.92 Å². The molecular weight excluding hydrogens is 1190 g/mol. The van der Waals surface area contributed by atoms with Gasteiger partial charge in [-0.05, 0) is 118 Å². The number of aliphatic hydroxyl groups excluding tert-OH is 1. The van der Waals surface area contributed by atoms with E-state index < -0.39 is 92.9 Å². The molecule has 24 nitrogen and oxygen atoms in total. The molecule has 0 saturated heterocycles. The molecule has 0 aliphatic heterocycles. The van der Waals surface area contributed by atoms with Crippen molar-refractivity contribution in [3.05, 3.63) is 108 Å². The number of nitrogens with two attached hydrogens (primary N) is 1. The lowest BCUT2D eigenvalue weighted by Crippen LogP contribution is -2.50. The highest BCUT2D eigenvalue weighted by Crippen LogP contribution is 2.16. The largest absolute Gasteiger partial charge is 0.460 e. The third-order valence-corrected chi connectivity index (χ3v) is 10.1. The molecule has 30 heteroatoms.